The lowest BCUT2D eigenvalue weighted by Crippen LogP contribution is -2.45. The van der Waals surface area contributed by atoms with Gasteiger partial charge < -0.3 is 20.3 Å². The lowest BCUT2D eigenvalue weighted by Gasteiger charge is -2.20. The van der Waals surface area contributed by atoms with Crippen molar-refractivity contribution >= 4 is 11.9 Å². The molecule has 0 aromatic rings. The van der Waals surface area contributed by atoms with E-state index >= 15 is 0 Å². The molecule has 0 saturated heterocycles. The van der Waals surface area contributed by atoms with Crippen molar-refractivity contribution in [3.8, 4) is 0 Å². The van der Waals surface area contributed by atoms with E-state index in [0.717, 1.165) is 51.4 Å². The minimum absolute atomic E-state index is 0.00482. The minimum Gasteiger partial charge on any atom is -0.466 e. The standard InChI is InChI=1S/C82H155NO5/c1-3-5-7-9-11-13-15-17-19-20-21-22-34-37-40-43-47-50-54-58-62-66-70-74-80(85)79(78-84)83-81(86)75-71-67-63-59-55-51-48-44-41-38-35-32-30-28-26-24-23-25-27-29-31-33-36-39-42-45-49-53-57-61-65-69-73-77-88-82(87)76-72-68-64-60-56-52-46-18-16-14-12-10-8-6-4-2/h12,14,18,27,29,46,70,74,79-80,84-85H,3-11,13,15-17,19-26,28,30-45,47-69,71-73,75-78H2,1-2H3,(H,83,86)/b14-12-,29-27-,46-18-,74-70+. The summed E-state index contributed by atoms with van der Waals surface area (Å²) < 4.78 is 5.49. The third-order valence-electron chi connectivity index (χ3n) is 18.6. The maximum absolute atomic E-state index is 12.6. The molecule has 0 spiro atoms. The fourth-order valence-electron chi connectivity index (χ4n) is 12.5. The number of allylic oxidation sites excluding steroid dienone is 7. The molecule has 0 aliphatic carbocycles. The number of aliphatic hydroxyl groups is 2. The van der Waals surface area contributed by atoms with Crippen molar-refractivity contribution in [1.82, 2.24) is 5.32 Å². The highest BCUT2D eigenvalue weighted by atomic mass is 16.5. The topological polar surface area (TPSA) is 95.9 Å². The highest BCUT2D eigenvalue weighted by molar-refractivity contribution is 5.76. The van der Waals surface area contributed by atoms with Gasteiger partial charge in [0.2, 0.25) is 5.91 Å². The summed E-state index contributed by atoms with van der Waals surface area (Å²) in [5.41, 5.74) is 0. The molecule has 0 saturated carbocycles. The van der Waals surface area contributed by atoms with Crippen molar-refractivity contribution in [2.75, 3.05) is 13.2 Å². The Balaban J connectivity index is 3.38. The molecule has 0 radical (unpaired) electrons. The van der Waals surface area contributed by atoms with Crippen LogP contribution in [0.3, 0.4) is 0 Å². The van der Waals surface area contributed by atoms with Crippen LogP contribution >= 0.6 is 0 Å². The van der Waals surface area contributed by atoms with Gasteiger partial charge in [-0.05, 0) is 89.9 Å². The number of hydrogen-bond donors (Lipinski definition) is 3. The van der Waals surface area contributed by atoms with Crippen molar-refractivity contribution in [2.24, 2.45) is 0 Å². The fraction of sp³-hybridized carbons (Fsp3) is 0.878. The summed E-state index contributed by atoms with van der Waals surface area (Å²) in [4.78, 5) is 24.6. The molecule has 518 valence electrons. The van der Waals surface area contributed by atoms with Crippen LogP contribution in [0.25, 0.3) is 0 Å². The molecule has 2 atom stereocenters. The number of hydrogen-bond acceptors (Lipinski definition) is 5. The molecule has 2 unspecified atom stereocenters. The van der Waals surface area contributed by atoms with Gasteiger partial charge in [0.15, 0.2) is 0 Å². The van der Waals surface area contributed by atoms with Gasteiger partial charge in [-0.3, -0.25) is 9.59 Å². The van der Waals surface area contributed by atoms with Crippen molar-refractivity contribution in [3.05, 3.63) is 48.6 Å². The maximum Gasteiger partial charge on any atom is 0.305 e. The molecule has 0 heterocycles. The van der Waals surface area contributed by atoms with E-state index < -0.39 is 12.1 Å². The highest BCUT2D eigenvalue weighted by Crippen LogP contribution is 2.19. The molecule has 0 rings (SSSR count). The van der Waals surface area contributed by atoms with Gasteiger partial charge in [0.25, 0.3) is 0 Å². The molecule has 0 aliphatic heterocycles. The molecular formula is C82H155NO5. The first kappa shape index (κ1) is 85.8. The fourth-order valence-corrected chi connectivity index (χ4v) is 12.5. The Morgan fingerprint density at radius 2 is 0.568 bits per heavy atom. The number of unbranched alkanes of at least 4 members (excludes halogenated alkanes) is 58. The van der Waals surface area contributed by atoms with E-state index in [1.807, 2.05) is 6.08 Å². The molecule has 6 nitrogen and oxygen atoms in total. The quantitative estimate of drug-likeness (QED) is 0.0320. The van der Waals surface area contributed by atoms with Gasteiger partial charge in [-0.1, -0.05) is 383 Å². The molecule has 0 fully saturated rings. The van der Waals surface area contributed by atoms with E-state index in [-0.39, 0.29) is 18.5 Å². The van der Waals surface area contributed by atoms with Crippen LogP contribution in [0.4, 0.5) is 0 Å². The van der Waals surface area contributed by atoms with Crippen LogP contribution in [0.15, 0.2) is 48.6 Å². The summed E-state index contributed by atoms with van der Waals surface area (Å²) in [5.74, 6) is -0.0556. The molecule has 0 aromatic carbocycles. The highest BCUT2D eigenvalue weighted by Gasteiger charge is 2.18. The van der Waals surface area contributed by atoms with Gasteiger partial charge in [-0.25, -0.2) is 0 Å². The van der Waals surface area contributed by atoms with Crippen molar-refractivity contribution in [3.63, 3.8) is 0 Å². The number of amides is 1. The lowest BCUT2D eigenvalue weighted by atomic mass is 10.0. The van der Waals surface area contributed by atoms with Gasteiger partial charge in [0.1, 0.15) is 0 Å². The third kappa shape index (κ3) is 72.9. The molecule has 3 N–H and O–H groups in total. The summed E-state index contributed by atoms with van der Waals surface area (Å²) in [7, 11) is 0. The first-order chi connectivity index (χ1) is 43.5. The number of esters is 1. The van der Waals surface area contributed by atoms with E-state index in [4.69, 9.17) is 4.74 Å². The van der Waals surface area contributed by atoms with E-state index in [1.54, 1.807) is 6.08 Å². The Labute approximate surface area is 550 Å². The van der Waals surface area contributed by atoms with Gasteiger partial charge in [0.05, 0.1) is 25.4 Å². The van der Waals surface area contributed by atoms with Crippen LogP contribution in [-0.2, 0) is 14.3 Å². The number of carbonyl (C=O) groups excluding carboxylic acids is 2. The van der Waals surface area contributed by atoms with E-state index in [1.165, 1.54) is 360 Å². The number of rotatable bonds is 75. The Kier molecular flexibility index (Phi) is 75.4. The number of nitrogens with one attached hydrogen (secondary N) is 1. The van der Waals surface area contributed by atoms with E-state index in [2.05, 4.69) is 55.6 Å². The minimum atomic E-state index is -0.844. The monoisotopic (exact) mass is 1230 g/mol. The smallest absolute Gasteiger partial charge is 0.305 e. The summed E-state index contributed by atoms with van der Waals surface area (Å²) in [5, 5.41) is 23.3. The second-order valence-corrected chi connectivity index (χ2v) is 27.4. The van der Waals surface area contributed by atoms with E-state index in [9.17, 15) is 19.8 Å². The first-order valence-electron chi connectivity index (χ1n) is 39.9. The molecule has 1 amide bonds. The van der Waals surface area contributed by atoms with Crippen molar-refractivity contribution < 1.29 is 24.5 Å². The Bertz CT molecular complexity index is 1470. The van der Waals surface area contributed by atoms with Crippen LogP contribution in [0.1, 0.15) is 438 Å². The van der Waals surface area contributed by atoms with Gasteiger partial charge in [0, 0.05) is 12.8 Å². The molecule has 0 bridgehead atoms. The first-order valence-corrected chi connectivity index (χ1v) is 39.9. The molecule has 88 heavy (non-hydrogen) atoms. The summed E-state index contributed by atoms with van der Waals surface area (Å²) in [6.07, 6.45) is 102. The second-order valence-electron chi connectivity index (χ2n) is 27.4. The van der Waals surface area contributed by atoms with Crippen LogP contribution < -0.4 is 5.32 Å². The third-order valence-corrected chi connectivity index (χ3v) is 18.6. The van der Waals surface area contributed by atoms with Gasteiger partial charge in [-0.15, -0.1) is 0 Å². The lowest BCUT2D eigenvalue weighted by molar-refractivity contribution is -0.143. The predicted octanol–water partition coefficient (Wildman–Crippen LogP) is 26.4. The van der Waals surface area contributed by atoms with Crippen LogP contribution in [-0.4, -0.2) is 47.4 Å². The summed E-state index contributed by atoms with van der Waals surface area (Å²) in [6.45, 7) is 4.91. The average Bonchev–Trinajstić information content (AvgIpc) is 3.58. The zero-order valence-corrected chi connectivity index (χ0v) is 59.5. The Hall–Kier alpha value is -2.18. The normalized spacial score (nSPS) is 12.7. The Morgan fingerprint density at radius 1 is 0.318 bits per heavy atom. The summed E-state index contributed by atoms with van der Waals surface area (Å²) in [6, 6.07) is -0.627. The van der Waals surface area contributed by atoms with Crippen molar-refractivity contribution in [2.45, 2.75) is 450 Å². The molecule has 0 aromatic heterocycles. The molecule has 0 aliphatic rings. The number of aliphatic hydroxyl groups excluding tert-OH is 2. The zero-order valence-electron chi connectivity index (χ0n) is 59.5. The van der Waals surface area contributed by atoms with Crippen molar-refractivity contribution in [1.29, 1.82) is 0 Å². The second kappa shape index (κ2) is 77.3. The summed E-state index contributed by atoms with van der Waals surface area (Å²) >= 11 is 0. The van der Waals surface area contributed by atoms with Crippen LogP contribution in [0.5, 0.6) is 0 Å². The zero-order chi connectivity index (χ0) is 63.5. The van der Waals surface area contributed by atoms with E-state index in [0.29, 0.717) is 19.4 Å². The van der Waals surface area contributed by atoms with Gasteiger partial charge in [-0.2, -0.15) is 0 Å². The van der Waals surface area contributed by atoms with Gasteiger partial charge >= 0.3 is 5.97 Å². The predicted molar refractivity (Wildman–Crippen MR) is 389 cm³/mol. The number of ether oxygens (including phenoxy) is 1. The maximum atomic E-state index is 12.6. The largest absolute Gasteiger partial charge is 0.466 e. The SMILES string of the molecule is CCCCC/C=C\C/C=C\CCCCCCCC(=O)OCCCCCCCCCCCCCC/C=C\CCCCCCCCCCCCCCCCCCCC(=O)NC(CO)C(O)/C=C/CCCCCCCCCCCCCCCCCCCCCCC. The molecule has 6 heteroatoms. The number of carbonyl (C=O) groups is 2. The van der Waals surface area contributed by atoms with Crippen LogP contribution in [0, 0.1) is 0 Å². The van der Waals surface area contributed by atoms with Crippen LogP contribution in [0.2, 0.25) is 0 Å². The Morgan fingerprint density at radius 3 is 0.898 bits per heavy atom. The average molecular weight is 1240 g/mol. The molecular weight excluding hydrogens is 1080 g/mol.